The van der Waals surface area contributed by atoms with E-state index in [1.54, 1.807) is 6.92 Å². The third-order valence-corrected chi connectivity index (χ3v) is 1.93. The van der Waals surface area contributed by atoms with Gasteiger partial charge in [0.15, 0.2) is 5.78 Å². The Morgan fingerprint density at radius 3 is 2.33 bits per heavy atom. The van der Waals surface area contributed by atoms with Crippen LogP contribution in [0.5, 0.6) is 0 Å². The second kappa shape index (κ2) is 4.27. The van der Waals surface area contributed by atoms with Gasteiger partial charge < -0.3 is 0 Å². The second-order valence-electron chi connectivity index (χ2n) is 2.69. The first-order chi connectivity index (χ1) is 5.74. The highest BCUT2D eigenvalue weighted by molar-refractivity contribution is 6.17. The van der Waals surface area contributed by atoms with Gasteiger partial charge in [-0.2, -0.15) is 0 Å². The normalized spacial score (nSPS) is 9.83. The number of carbonyl (C=O) groups is 1. The van der Waals surface area contributed by atoms with Crippen LogP contribution < -0.4 is 0 Å². The molecule has 0 amide bonds. The number of hydrogen-bond donors (Lipinski definition) is 0. The fourth-order valence-electron chi connectivity index (χ4n) is 1.02. The van der Waals surface area contributed by atoms with E-state index in [0.29, 0.717) is 5.88 Å². The molecule has 1 rings (SSSR count). The van der Waals surface area contributed by atoms with Gasteiger partial charge in [-0.25, -0.2) is 0 Å². The number of rotatable bonds is 3. The van der Waals surface area contributed by atoms with Crippen LogP contribution >= 0.6 is 11.6 Å². The molecule has 0 aliphatic heterocycles. The summed E-state index contributed by atoms with van der Waals surface area (Å²) in [5, 5.41) is 0. The Kier molecular flexibility index (Phi) is 3.30. The molecule has 0 bridgehead atoms. The number of alkyl halides is 1. The van der Waals surface area contributed by atoms with E-state index >= 15 is 0 Å². The molecule has 0 radical (unpaired) electrons. The first-order valence-electron chi connectivity index (χ1n) is 3.90. The monoisotopic (exact) mass is 182 g/mol. The number of hydrogen-bond acceptors (Lipinski definition) is 1. The predicted octanol–water partition coefficient (Wildman–Crippen LogP) is 2.67. The lowest BCUT2D eigenvalue weighted by atomic mass is 10.1. The largest absolute Gasteiger partial charge is 0.295 e. The van der Waals surface area contributed by atoms with Gasteiger partial charge in [0.1, 0.15) is 0 Å². The van der Waals surface area contributed by atoms with Crippen molar-refractivity contribution in [3.63, 3.8) is 0 Å². The zero-order valence-corrected chi connectivity index (χ0v) is 7.77. The number of carbonyl (C=O) groups excluding carboxylic acids is 1. The molecule has 1 aromatic carbocycles. The molecule has 0 N–H and O–H groups in total. The van der Waals surface area contributed by atoms with Crippen LogP contribution in [-0.2, 0) is 6.42 Å². The molecule has 12 heavy (non-hydrogen) atoms. The number of aryl methyl sites for hydroxylation is 1. The quantitative estimate of drug-likeness (QED) is 0.519. The molecule has 0 saturated heterocycles. The summed E-state index contributed by atoms with van der Waals surface area (Å²) in [5.74, 6) is 0.729. The van der Waals surface area contributed by atoms with Crippen molar-refractivity contribution in [2.75, 3.05) is 5.88 Å². The Balaban J connectivity index is 2.78. The lowest BCUT2D eigenvalue weighted by Crippen LogP contribution is -1.92. The molecule has 1 nitrogen and oxygen atoms in total. The maximum absolute atomic E-state index is 10.9. The van der Waals surface area contributed by atoms with Crippen molar-refractivity contribution in [1.82, 2.24) is 0 Å². The Labute approximate surface area is 77.4 Å². The van der Waals surface area contributed by atoms with Gasteiger partial charge in [-0.05, 0) is 18.9 Å². The van der Waals surface area contributed by atoms with Crippen LogP contribution in [0.1, 0.15) is 22.8 Å². The van der Waals surface area contributed by atoms with Crippen molar-refractivity contribution in [3.8, 4) is 0 Å². The Bertz CT molecular complexity index is 264. The molecule has 64 valence electrons. The van der Waals surface area contributed by atoms with Gasteiger partial charge in [0.25, 0.3) is 0 Å². The topological polar surface area (TPSA) is 17.1 Å². The first kappa shape index (κ1) is 9.27. The average molecular weight is 183 g/mol. The van der Waals surface area contributed by atoms with Crippen LogP contribution in [0.25, 0.3) is 0 Å². The molecule has 0 spiro atoms. The molecule has 0 aliphatic carbocycles. The molecule has 0 unspecified atom stereocenters. The van der Waals surface area contributed by atoms with Crippen LogP contribution in [0, 0.1) is 0 Å². The summed E-state index contributed by atoms with van der Waals surface area (Å²) in [5.41, 5.74) is 1.93. The molecule has 0 aromatic heterocycles. The second-order valence-corrected chi connectivity index (χ2v) is 3.07. The van der Waals surface area contributed by atoms with E-state index in [9.17, 15) is 4.79 Å². The van der Waals surface area contributed by atoms with Crippen molar-refractivity contribution in [1.29, 1.82) is 0 Å². The van der Waals surface area contributed by atoms with Crippen molar-refractivity contribution >= 4 is 17.4 Å². The van der Waals surface area contributed by atoms with Crippen LogP contribution in [0.15, 0.2) is 24.3 Å². The third kappa shape index (κ3) is 2.35. The molecule has 2 heteroatoms. The van der Waals surface area contributed by atoms with Gasteiger partial charge in [0, 0.05) is 11.4 Å². The third-order valence-electron chi connectivity index (χ3n) is 1.74. The molecular formula is C10H11ClO. The molecule has 0 atom stereocenters. The van der Waals surface area contributed by atoms with E-state index in [1.807, 2.05) is 24.3 Å². The zero-order valence-electron chi connectivity index (χ0n) is 7.01. The Morgan fingerprint density at radius 2 is 1.92 bits per heavy atom. The maximum atomic E-state index is 10.9. The van der Waals surface area contributed by atoms with Gasteiger partial charge in [-0.15, -0.1) is 11.6 Å². The zero-order chi connectivity index (χ0) is 8.97. The molecular weight excluding hydrogens is 172 g/mol. The van der Waals surface area contributed by atoms with Crippen LogP contribution in [0.2, 0.25) is 0 Å². The summed E-state index contributed by atoms with van der Waals surface area (Å²) in [6.07, 6.45) is 0.861. The first-order valence-corrected chi connectivity index (χ1v) is 4.43. The molecule has 0 heterocycles. The predicted molar refractivity (Wildman–Crippen MR) is 50.9 cm³/mol. The van der Waals surface area contributed by atoms with E-state index in [2.05, 4.69) is 0 Å². The summed E-state index contributed by atoms with van der Waals surface area (Å²) in [4.78, 5) is 10.9. The number of benzene rings is 1. The van der Waals surface area contributed by atoms with Gasteiger partial charge in [-0.3, -0.25) is 4.79 Å². The highest BCUT2D eigenvalue weighted by Crippen LogP contribution is 2.06. The van der Waals surface area contributed by atoms with Crippen molar-refractivity contribution in [2.24, 2.45) is 0 Å². The summed E-state index contributed by atoms with van der Waals surface area (Å²) >= 11 is 5.57. The molecule has 1 aromatic rings. The summed E-state index contributed by atoms with van der Waals surface area (Å²) in [6.45, 7) is 1.57. The van der Waals surface area contributed by atoms with E-state index in [1.165, 1.54) is 5.56 Å². The van der Waals surface area contributed by atoms with Crippen LogP contribution in [0.4, 0.5) is 0 Å². The van der Waals surface area contributed by atoms with E-state index in [0.717, 1.165) is 12.0 Å². The fraction of sp³-hybridized carbons (Fsp3) is 0.300. The number of halogens is 1. The van der Waals surface area contributed by atoms with Crippen LogP contribution in [0.3, 0.4) is 0 Å². The smallest absolute Gasteiger partial charge is 0.159 e. The van der Waals surface area contributed by atoms with E-state index in [-0.39, 0.29) is 5.78 Å². The summed E-state index contributed by atoms with van der Waals surface area (Å²) in [6, 6.07) is 7.56. The van der Waals surface area contributed by atoms with E-state index in [4.69, 9.17) is 11.6 Å². The summed E-state index contributed by atoms with van der Waals surface area (Å²) in [7, 11) is 0. The minimum atomic E-state index is 0.104. The molecule has 0 aliphatic rings. The molecule has 0 fully saturated rings. The number of ketones is 1. The Morgan fingerprint density at radius 1 is 1.33 bits per heavy atom. The van der Waals surface area contributed by atoms with Gasteiger partial charge in [0.05, 0.1) is 0 Å². The lowest BCUT2D eigenvalue weighted by Gasteiger charge is -1.98. The molecule has 0 saturated carbocycles. The van der Waals surface area contributed by atoms with Crippen LogP contribution in [-0.4, -0.2) is 11.7 Å². The summed E-state index contributed by atoms with van der Waals surface area (Å²) < 4.78 is 0. The van der Waals surface area contributed by atoms with E-state index < -0.39 is 0 Å². The SMILES string of the molecule is CC(=O)c1ccc(CCCl)cc1. The highest BCUT2D eigenvalue weighted by Gasteiger charge is 1.97. The van der Waals surface area contributed by atoms with Crippen molar-refractivity contribution in [3.05, 3.63) is 35.4 Å². The highest BCUT2D eigenvalue weighted by atomic mass is 35.5. The maximum Gasteiger partial charge on any atom is 0.159 e. The Hall–Kier alpha value is -0.820. The minimum absolute atomic E-state index is 0.104. The minimum Gasteiger partial charge on any atom is -0.295 e. The van der Waals surface area contributed by atoms with Crippen molar-refractivity contribution < 1.29 is 4.79 Å². The number of Topliss-reactive ketones (excluding diaryl/α,β-unsaturated/α-hetero) is 1. The van der Waals surface area contributed by atoms with Gasteiger partial charge >= 0.3 is 0 Å². The average Bonchev–Trinajstić information content (AvgIpc) is 2.06. The van der Waals surface area contributed by atoms with Crippen molar-refractivity contribution in [2.45, 2.75) is 13.3 Å². The van der Waals surface area contributed by atoms with Gasteiger partial charge in [-0.1, -0.05) is 24.3 Å². The fourth-order valence-corrected chi connectivity index (χ4v) is 1.23. The standard InChI is InChI=1S/C10H11ClO/c1-8(12)10-4-2-9(3-5-10)6-7-11/h2-5H,6-7H2,1H3. The van der Waals surface area contributed by atoms with Gasteiger partial charge in [0.2, 0.25) is 0 Å². The lowest BCUT2D eigenvalue weighted by molar-refractivity contribution is 0.101.